The van der Waals surface area contributed by atoms with Gasteiger partial charge in [0.2, 0.25) is 0 Å². The zero-order valence-corrected chi connectivity index (χ0v) is 14.2. The van der Waals surface area contributed by atoms with Gasteiger partial charge in [-0.25, -0.2) is 0 Å². The van der Waals surface area contributed by atoms with Crippen LogP contribution in [0.2, 0.25) is 0 Å². The SMILES string of the molecule is Cl.NCC1(NC(=O)COc2ccc(I)cc2)CCCC1. The fraction of sp³-hybridized carbons (Fsp3) is 0.500. The number of halogens is 2. The number of carbonyl (C=O) groups is 1. The van der Waals surface area contributed by atoms with Gasteiger partial charge in [-0.3, -0.25) is 4.79 Å². The molecule has 0 saturated heterocycles. The van der Waals surface area contributed by atoms with Crippen LogP contribution in [0.15, 0.2) is 24.3 Å². The molecular formula is C14H20ClIN2O2. The van der Waals surface area contributed by atoms with Crippen molar-refractivity contribution in [1.29, 1.82) is 0 Å². The van der Waals surface area contributed by atoms with E-state index in [0.29, 0.717) is 12.3 Å². The minimum Gasteiger partial charge on any atom is -0.484 e. The lowest BCUT2D eigenvalue weighted by Gasteiger charge is -2.28. The predicted molar refractivity (Wildman–Crippen MR) is 90.3 cm³/mol. The zero-order chi connectivity index (χ0) is 13.7. The van der Waals surface area contributed by atoms with Crippen LogP contribution in [0.25, 0.3) is 0 Å². The first kappa shape index (κ1) is 17.5. The molecule has 3 N–H and O–H groups in total. The lowest BCUT2D eigenvalue weighted by Crippen LogP contribution is -2.52. The fourth-order valence-electron chi connectivity index (χ4n) is 2.44. The standard InChI is InChI=1S/C14H19IN2O2.ClH/c15-11-3-5-12(6-4-11)19-9-13(18)17-14(10-16)7-1-2-8-14;/h3-6H,1-2,7-10,16H2,(H,17,18);1H. The minimum atomic E-state index is -0.202. The molecule has 0 atom stereocenters. The molecule has 0 bridgehead atoms. The van der Waals surface area contributed by atoms with Crippen molar-refractivity contribution in [2.75, 3.05) is 13.2 Å². The van der Waals surface area contributed by atoms with Crippen LogP contribution in [0.4, 0.5) is 0 Å². The van der Waals surface area contributed by atoms with Crippen LogP contribution in [-0.4, -0.2) is 24.6 Å². The van der Waals surface area contributed by atoms with Gasteiger partial charge in [-0.15, -0.1) is 12.4 Å². The first-order valence-electron chi connectivity index (χ1n) is 6.53. The molecule has 20 heavy (non-hydrogen) atoms. The van der Waals surface area contributed by atoms with Crippen molar-refractivity contribution < 1.29 is 9.53 Å². The topological polar surface area (TPSA) is 64.3 Å². The number of nitrogens with two attached hydrogens (primary N) is 1. The van der Waals surface area contributed by atoms with Gasteiger partial charge in [0.15, 0.2) is 6.61 Å². The molecule has 112 valence electrons. The van der Waals surface area contributed by atoms with Crippen LogP contribution in [-0.2, 0) is 4.79 Å². The molecule has 1 saturated carbocycles. The van der Waals surface area contributed by atoms with Gasteiger partial charge >= 0.3 is 0 Å². The number of hydrogen-bond acceptors (Lipinski definition) is 3. The Balaban J connectivity index is 0.00000200. The number of hydrogen-bond donors (Lipinski definition) is 2. The molecule has 1 aromatic carbocycles. The molecule has 0 aromatic heterocycles. The molecule has 1 amide bonds. The summed E-state index contributed by atoms with van der Waals surface area (Å²) >= 11 is 2.23. The van der Waals surface area contributed by atoms with Gasteiger partial charge in [0, 0.05) is 10.1 Å². The molecule has 0 unspecified atom stereocenters. The molecule has 2 rings (SSSR count). The van der Waals surface area contributed by atoms with E-state index in [1.54, 1.807) is 0 Å². The van der Waals surface area contributed by atoms with Crippen LogP contribution in [0.1, 0.15) is 25.7 Å². The molecule has 1 aliphatic carbocycles. The van der Waals surface area contributed by atoms with Crippen molar-refractivity contribution in [2.24, 2.45) is 5.73 Å². The van der Waals surface area contributed by atoms with Gasteiger partial charge in [0.1, 0.15) is 5.75 Å². The van der Waals surface area contributed by atoms with Gasteiger partial charge in [-0.05, 0) is 59.7 Å². The lowest BCUT2D eigenvalue weighted by atomic mass is 9.98. The normalized spacial score (nSPS) is 16.3. The van der Waals surface area contributed by atoms with Crippen molar-refractivity contribution in [1.82, 2.24) is 5.32 Å². The van der Waals surface area contributed by atoms with Gasteiger partial charge < -0.3 is 15.8 Å². The highest BCUT2D eigenvalue weighted by molar-refractivity contribution is 14.1. The van der Waals surface area contributed by atoms with E-state index in [9.17, 15) is 4.79 Å². The fourth-order valence-corrected chi connectivity index (χ4v) is 2.80. The van der Waals surface area contributed by atoms with Gasteiger partial charge in [0.05, 0.1) is 5.54 Å². The highest BCUT2D eigenvalue weighted by atomic mass is 127. The number of benzene rings is 1. The van der Waals surface area contributed by atoms with Crippen LogP contribution in [0.5, 0.6) is 5.75 Å². The predicted octanol–water partition coefficient (Wildman–Crippen LogP) is 2.48. The third-order valence-corrected chi connectivity index (χ3v) is 4.26. The quantitative estimate of drug-likeness (QED) is 0.733. The van der Waals surface area contributed by atoms with Crippen molar-refractivity contribution >= 4 is 40.9 Å². The smallest absolute Gasteiger partial charge is 0.258 e. The molecule has 0 heterocycles. The molecule has 4 nitrogen and oxygen atoms in total. The lowest BCUT2D eigenvalue weighted by molar-refractivity contribution is -0.124. The first-order chi connectivity index (χ1) is 9.13. The Morgan fingerprint density at radius 2 is 1.90 bits per heavy atom. The van der Waals surface area contributed by atoms with E-state index in [1.807, 2.05) is 24.3 Å². The average molecular weight is 411 g/mol. The van der Waals surface area contributed by atoms with E-state index in [0.717, 1.165) is 29.3 Å². The summed E-state index contributed by atoms with van der Waals surface area (Å²) < 4.78 is 6.61. The van der Waals surface area contributed by atoms with Crippen LogP contribution in [0, 0.1) is 3.57 Å². The van der Waals surface area contributed by atoms with Crippen molar-refractivity contribution in [3.05, 3.63) is 27.8 Å². The van der Waals surface area contributed by atoms with Gasteiger partial charge in [-0.1, -0.05) is 12.8 Å². The maximum atomic E-state index is 11.9. The maximum Gasteiger partial charge on any atom is 0.258 e. The Kier molecular flexibility index (Phi) is 7.05. The average Bonchev–Trinajstić information content (AvgIpc) is 2.87. The summed E-state index contributed by atoms with van der Waals surface area (Å²) in [4.78, 5) is 11.9. The highest BCUT2D eigenvalue weighted by Gasteiger charge is 2.33. The Bertz CT molecular complexity index is 433. The zero-order valence-electron chi connectivity index (χ0n) is 11.2. The van der Waals surface area contributed by atoms with E-state index in [1.165, 1.54) is 0 Å². The second-order valence-electron chi connectivity index (χ2n) is 4.98. The minimum absolute atomic E-state index is 0. The van der Waals surface area contributed by atoms with Crippen LogP contribution < -0.4 is 15.8 Å². The van der Waals surface area contributed by atoms with E-state index in [-0.39, 0.29) is 30.5 Å². The Morgan fingerprint density at radius 1 is 1.30 bits per heavy atom. The second-order valence-corrected chi connectivity index (χ2v) is 6.23. The van der Waals surface area contributed by atoms with E-state index in [2.05, 4.69) is 27.9 Å². The Hall–Kier alpha value is -0.530. The summed E-state index contributed by atoms with van der Waals surface area (Å²) in [5.41, 5.74) is 5.58. The molecule has 1 aromatic rings. The summed E-state index contributed by atoms with van der Waals surface area (Å²) in [7, 11) is 0. The summed E-state index contributed by atoms with van der Waals surface area (Å²) in [6.45, 7) is 0.546. The summed E-state index contributed by atoms with van der Waals surface area (Å²) in [6, 6.07) is 7.63. The van der Waals surface area contributed by atoms with Gasteiger partial charge in [0.25, 0.3) is 5.91 Å². The second kappa shape index (κ2) is 8.05. The van der Waals surface area contributed by atoms with E-state index < -0.39 is 0 Å². The van der Waals surface area contributed by atoms with E-state index in [4.69, 9.17) is 10.5 Å². The number of ether oxygens (including phenoxy) is 1. The number of carbonyl (C=O) groups excluding carboxylic acids is 1. The maximum absolute atomic E-state index is 11.9. The van der Waals surface area contributed by atoms with Gasteiger partial charge in [-0.2, -0.15) is 0 Å². The third-order valence-electron chi connectivity index (χ3n) is 3.54. The van der Waals surface area contributed by atoms with Crippen molar-refractivity contribution in [3.8, 4) is 5.75 Å². The molecular weight excluding hydrogens is 391 g/mol. The summed E-state index contributed by atoms with van der Waals surface area (Å²) in [5, 5.41) is 3.03. The first-order valence-corrected chi connectivity index (χ1v) is 7.61. The molecule has 1 fully saturated rings. The van der Waals surface area contributed by atoms with E-state index >= 15 is 0 Å². The number of rotatable bonds is 5. The molecule has 1 aliphatic rings. The largest absolute Gasteiger partial charge is 0.484 e. The van der Waals surface area contributed by atoms with Crippen molar-refractivity contribution in [2.45, 2.75) is 31.2 Å². The summed E-state index contributed by atoms with van der Waals surface area (Å²) in [5.74, 6) is 0.620. The van der Waals surface area contributed by atoms with Crippen LogP contribution in [0.3, 0.4) is 0 Å². The number of nitrogens with one attached hydrogen (secondary N) is 1. The Morgan fingerprint density at radius 3 is 2.45 bits per heavy atom. The Labute approximate surface area is 139 Å². The number of amides is 1. The highest BCUT2D eigenvalue weighted by Crippen LogP contribution is 2.28. The monoisotopic (exact) mass is 410 g/mol. The van der Waals surface area contributed by atoms with Crippen LogP contribution >= 0.6 is 35.0 Å². The summed E-state index contributed by atoms with van der Waals surface area (Å²) in [6.07, 6.45) is 4.21. The van der Waals surface area contributed by atoms with Crippen molar-refractivity contribution in [3.63, 3.8) is 0 Å². The molecule has 6 heteroatoms. The molecule has 0 radical (unpaired) electrons. The third kappa shape index (κ3) is 4.79. The molecule has 0 spiro atoms. The molecule has 0 aliphatic heterocycles.